The van der Waals surface area contributed by atoms with Gasteiger partial charge in [0.15, 0.2) is 0 Å². The summed E-state index contributed by atoms with van der Waals surface area (Å²) < 4.78 is 0. The number of aliphatic carboxylic acids is 1. The molecule has 10 N–H and O–H groups in total. The van der Waals surface area contributed by atoms with Gasteiger partial charge in [0.25, 0.3) is 0 Å². The zero-order valence-electron chi connectivity index (χ0n) is 17.3. The fraction of sp³-hybridized carbons (Fsp3) is 0.647. The second-order valence-electron chi connectivity index (χ2n) is 7.28. The van der Waals surface area contributed by atoms with Gasteiger partial charge >= 0.3 is 5.97 Å². The highest BCUT2D eigenvalue weighted by Gasteiger charge is 2.31. The van der Waals surface area contributed by atoms with Crippen molar-refractivity contribution in [1.29, 1.82) is 0 Å². The summed E-state index contributed by atoms with van der Waals surface area (Å²) in [6, 6.07) is -5.31. The van der Waals surface area contributed by atoms with Gasteiger partial charge in [-0.25, -0.2) is 4.79 Å². The highest BCUT2D eigenvalue weighted by Crippen LogP contribution is 2.04. The van der Waals surface area contributed by atoms with E-state index in [1.807, 2.05) is 13.8 Å². The number of nitrogens with one attached hydrogen (secondary N) is 3. The molecule has 31 heavy (non-hydrogen) atoms. The minimum atomic E-state index is -1.61. The van der Waals surface area contributed by atoms with E-state index in [1.165, 1.54) is 0 Å². The molecule has 0 aromatic heterocycles. The number of carboxylic acid groups (broad SMARTS) is 1. The monoisotopic (exact) mass is 462 g/mol. The van der Waals surface area contributed by atoms with Crippen LogP contribution >= 0.6 is 12.6 Å². The van der Waals surface area contributed by atoms with E-state index >= 15 is 0 Å². The Balaban J connectivity index is 5.27. The molecule has 0 aromatic rings. The molecule has 0 saturated heterocycles. The molecular formula is C17H30N6O7S. The van der Waals surface area contributed by atoms with Crippen molar-refractivity contribution in [2.24, 2.45) is 23.1 Å². The van der Waals surface area contributed by atoms with E-state index in [4.69, 9.17) is 22.3 Å². The predicted molar refractivity (Wildman–Crippen MR) is 112 cm³/mol. The lowest BCUT2D eigenvalue weighted by atomic mass is 10.0. The Morgan fingerprint density at radius 2 is 1.23 bits per heavy atom. The van der Waals surface area contributed by atoms with Gasteiger partial charge in [0.1, 0.15) is 18.1 Å². The van der Waals surface area contributed by atoms with Crippen LogP contribution < -0.4 is 33.2 Å². The van der Waals surface area contributed by atoms with Gasteiger partial charge < -0.3 is 38.3 Å². The number of hydrogen-bond acceptors (Lipinski definition) is 8. The maximum Gasteiger partial charge on any atom is 0.326 e. The average Bonchev–Trinajstić information content (AvgIpc) is 2.63. The molecule has 0 radical (unpaired) electrons. The molecule has 176 valence electrons. The lowest BCUT2D eigenvalue weighted by molar-refractivity contribution is -0.143. The standard InChI is InChI=1S/C17H30N6O7S/c1-7(2)3-8(18)14(26)21-9(4-12(19)24)15(27)23-11(6-31)16(28)22-10(17(29)30)5-13(20)25/h7-11,31H,3-6,18H2,1-2H3,(H2,19,24)(H2,20,25)(H,21,26)(H,22,28)(H,23,27)(H,29,30). The van der Waals surface area contributed by atoms with Gasteiger partial charge in [0.2, 0.25) is 29.5 Å². The second kappa shape index (κ2) is 13.4. The van der Waals surface area contributed by atoms with Gasteiger partial charge in [-0.1, -0.05) is 13.8 Å². The third-order valence-corrected chi connectivity index (χ3v) is 4.30. The number of carboxylic acids is 1. The number of carbonyl (C=O) groups excluding carboxylic acids is 5. The summed E-state index contributed by atoms with van der Waals surface area (Å²) in [5.74, 6) is -6.09. The zero-order chi connectivity index (χ0) is 24.3. The zero-order valence-corrected chi connectivity index (χ0v) is 18.2. The Labute approximate surface area is 184 Å². The summed E-state index contributed by atoms with van der Waals surface area (Å²) >= 11 is 3.94. The lowest BCUT2D eigenvalue weighted by Crippen LogP contribution is -2.58. The molecule has 0 aliphatic rings. The Bertz CT molecular complexity index is 702. The number of thiol groups is 1. The van der Waals surface area contributed by atoms with Crippen molar-refractivity contribution in [2.45, 2.75) is 57.3 Å². The number of amides is 5. The second-order valence-corrected chi connectivity index (χ2v) is 7.65. The Morgan fingerprint density at radius 1 is 0.806 bits per heavy atom. The van der Waals surface area contributed by atoms with Crippen molar-refractivity contribution in [1.82, 2.24) is 16.0 Å². The van der Waals surface area contributed by atoms with E-state index in [0.717, 1.165) is 0 Å². The summed E-state index contributed by atoms with van der Waals surface area (Å²) in [6.45, 7) is 3.69. The van der Waals surface area contributed by atoms with Crippen LogP contribution in [0.2, 0.25) is 0 Å². The summed E-state index contributed by atoms with van der Waals surface area (Å²) in [6.07, 6.45) is -0.899. The molecule has 0 fully saturated rings. The normalized spacial score (nSPS) is 14.6. The van der Waals surface area contributed by atoms with E-state index in [9.17, 15) is 28.8 Å². The summed E-state index contributed by atoms with van der Waals surface area (Å²) in [5.41, 5.74) is 15.8. The Hall–Kier alpha value is -2.87. The molecule has 0 saturated carbocycles. The van der Waals surface area contributed by atoms with Crippen LogP contribution in [0.3, 0.4) is 0 Å². The van der Waals surface area contributed by atoms with Crippen LogP contribution in [0.5, 0.6) is 0 Å². The van der Waals surface area contributed by atoms with Crippen LogP contribution in [0.4, 0.5) is 0 Å². The quantitative estimate of drug-likeness (QED) is 0.121. The van der Waals surface area contributed by atoms with Gasteiger partial charge in [0, 0.05) is 5.75 Å². The molecule has 0 bridgehead atoms. The average molecular weight is 463 g/mol. The van der Waals surface area contributed by atoms with Crippen molar-refractivity contribution in [3.8, 4) is 0 Å². The molecular weight excluding hydrogens is 432 g/mol. The number of hydrogen-bond donors (Lipinski definition) is 8. The van der Waals surface area contributed by atoms with Crippen molar-refractivity contribution >= 4 is 48.1 Å². The number of nitrogens with two attached hydrogens (primary N) is 3. The van der Waals surface area contributed by atoms with Gasteiger partial charge in [-0.05, 0) is 12.3 Å². The summed E-state index contributed by atoms with van der Waals surface area (Å²) in [7, 11) is 0. The van der Waals surface area contributed by atoms with Crippen LogP contribution in [0.1, 0.15) is 33.1 Å². The number of primary amides is 2. The van der Waals surface area contributed by atoms with Crippen LogP contribution in [0.25, 0.3) is 0 Å². The molecule has 0 aliphatic heterocycles. The first kappa shape index (κ1) is 28.1. The van der Waals surface area contributed by atoms with Gasteiger partial charge in [0.05, 0.1) is 18.9 Å². The molecule has 0 heterocycles. The molecule has 14 heteroatoms. The smallest absolute Gasteiger partial charge is 0.326 e. The lowest BCUT2D eigenvalue weighted by Gasteiger charge is -2.24. The van der Waals surface area contributed by atoms with Crippen molar-refractivity contribution in [3.63, 3.8) is 0 Å². The van der Waals surface area contributed by atoms with Gasteiger partial charge in [-0.3, -0.25) is 24.0 Å². The van der Waals surface area contributed by atoms with Crippen molar-refractivity contribution < 1.29 is 33.9 Å². The van der Waals surface area contributed by atoms with Crippen LogP contribution in [0.15, 0.2) is 0 Å². The van der Waals surface area contributed by atoms with E-state index in [2.05, 4.69) is 28.6 Å². The first-order valence-corrected chi connectivity index (χ1v) is 9.98. The van der Waals surface area contributed by atoms with Crippen LogP contribution in [-0.4, -0.2) is 70.5 Å². The SMILES string of the molecule is CC(C)CC(N)C(=O)NC(CC(N)=O)C(=O)NC(CS)C(=O)NC(CC(N)=O)C(=O)O. The maximum absolute atomic E-state index is 12.6. The molecule has 4 unspecified atom stereocenters. The van der Waals surface area contributed by atoms with Crippen molar-refractivity contribution in [2.75, 3.05) is 5.75 Å². The highest BCUT2D eigenvalue weighted by atomic mass is 32.1. The van der Waals surface area contributed by atoms with E-state index < -0.39 is 72.5 Å². The molecule has 5 amide bonds. The Morgan fingerprint density at radius 3 is 1.65 bits per heavy atom. The number of carbonyl (C=O) groups is 6. The predicted octanol–water partition coefficient (Wildman–Crippen LogP) is -3.42. The maximum atomic E-state index is 12.6. The third kappa shape index (κ3) is 11.2. The molecule has 13 nitrogen and oxygen atoms in total. The fourth-order valence-electron chi connectivity index (χ4n) is 2.44. The molecule has 0 rings (SSSR count). The highest BCUT2D eigenvalue weighted by molar-refractivity contribution is 7.80. The summed E-state index contributed by atoms with van der Waals surface area (Å²) in [4.78, 5) is 70.5. The molecule has 0 spiro atoms. The molecule has 4 atom stereocenters. The number of rotatable bonds is 14. The van der Waals surface area contributed by atoms with Crippen LogP contribution in [-0.2, 0) is 28.8 Å². The van der Waals surface area contributed by atoms with Gasteiger partial charge in [-0.15, -0.1) is 0 Å². The van der Waals surface area contributed by atoms with E-state index in [1.54, 1.807) is 0 Å². The van der Waals surface area contributed by atoms with Crippen LogP contribution in [0, 0.1) is 5.92 Å². The minimum absolute atomic E-state index is 0.101. The van der Waals surface area contributed by atoms with Crippen molar-refractivity contribution in [3.05, 3.63) is 0 Å². The first-order valence-electron chi connectivity index (χ1n) is 9.35. The topological polar surface area (TPSA) is 237 Å². The Kier molecular flexibility index (Phi) is 12.2. The fourth-order valence-corrected chi connectivity index (χ4v) is 2.70. The van der Waals surface area contributed by atoms with E-state index in [-0.39, 0.29) is 11.7 Å². The molecule has 0 aromatic carbocycles. The largest absolute Gasteiger partial charge is 0.480 e. The molecule has 0 aliphatic carbocycles. The first-order chi connectivity index (χ1) is 14.3. The minimum Gasteiger partial charge on any atom is -0.480 e. The van der Waals surface area contributed by atoms with E-state index in [0.29, 0.717) is 6.42 Å². The summed E-state index contributed by atoms with van der Waals surface area (Å²) in [5, 5.41) is 15.7. The third-order valence-electron chi connectivity index (χ3n) is 3.94. The van der Waals surface area contributed by atoms with Gasteiger partial charge in [-0.2, -0.15) is 12.6 Å².